The predicted molar refractivity (Wildman–Crippen MR) is 83.2 cm³/mol. The van der Waals surface area contributed by atoms with Crippen LogP contribution in [0.25, 0.3) is 0 Å². The Kier molecular flexibility index (Phi) is 4.77. The van der Waals surface area contributed by atoms with Crippen molar-refractivity contribution < 1.29 is 23.8 Å². The van der Waals surface area contributed by atoms with Gasteiger partial charge in [-0.1, -0.05) is 0 Å². The van der Waals surface area contributed by atoms with E-state index in [1.807, 2.05) is 0 Å². The molecule has 126 valence electrons. The molecule has 3 N–H and O–H groups in total. The number of rotatable bonds is 4. The highest BCUT2D eigenvalue weighted by Crippen LogP contribution is 2.26. The minimum Gasteiger partial charge on any atom is -0.478 e. The minimum absolute atomic E-state index is 0.0199. The minimum atomic E-state index is -1.11. The zero-order chi connectivity index (χ0) is 17.2. The van der Waals surface area contributed by atoms with E-state index in [-0.39, 0.29) is 23.3 Å². The lowest BCUT2D eigenvalue weighted by molar-refractivity contribution is 0.0475. The Morgan fingerprint density at radius 2 is 1.91 bits per heavy atom. The number of halogens is 1. The van der Waals surface area contributed by atoms with Crippen molar-refractivity contribution in [3.63, 3.8) is 0 Å². The Morgan fingerprint density at radius 1 is 1.26 bits per heavy atom. The molecular weight excluding hydrogens is 303 g/mol. The van der Waals surface area contributed by atoms with Gasteiger partial charge in [0.1, 0.15) is 11.4 Å². The van der Waals surface area contributed by atoms with Crippen LogP contribution in [0.4, 0.5) is 14.9 Å². The number of benzene rings is 1. The molecule has 23 heavy (non-hydrogen) atoms. The van der Waals surface area contributed by atoms with Crippen molar-refractivity contribution in [2.45, 2.75) is 51.3 Å². The standard InChI is InChI=1S/C16H21FN2O4/c1-16(2,3)23-15(22)19-11-7-10(8-11)18-13-6-9(14(20)21)4-5-12(13)17/h4-6,10-11,18H,7-8H2,1-3H3,(H,19,22)(H,20,21). The summed E-state index contributed by atoms with van der Waals surface area (Å²) in [5.74, 6) is -1.61. The Hall–Kier alpha value is -2.31. The number of ether oxygens (including phenoxy) is 1. The van der Waals surface area contributed by atoms with E-state index in [0.717, 1.165) is 6.07 Å². The second-order valence-corrected chi connectivity index (χ2v) is 6.66. The summed E-state index contributed by atoms with van der Waals surface area (Å²) < 4.78 is 18.9. The molecule has 1 fully saturated rings. The fourth-order valence-electron chi connectivity index (χ4n) is 2.32. The topological polar surface area (TPSA) is 87.7 Å². The maximum Gasteiger partial charge on any atom is 0.407 e. The average molecular weight is 324 g/mol. The number of aromatic carboxylic acids is 1. The van der Waals surface area contributed by atoms with Gasteiger partial charge in [-0.3, -0.25) is 0 Å². The number of hydrogen-bond donors (Lipinski definition) is 3. The molecule has 1 saturated carbocycles. The van der Waals surface area contributed by atoms with Crippen LogP contribution in [0.2, 0.25) is 0 Å². The van der Waals surface area contributed by atoms with E-state index >= 15 is 0 Å². The fraction of sp³-hybridized carbons (Fsp3) is 0.500. The van der Waals surface area contributed by atoms with Crippen LogP contribution in [-0.4, -0.2) is 34.9 Å². The molecule has 0 unspecified atom stereocenters. The SMILES string of the molecule is CC(C)(C)OC(=O)NC1CC(Nc2cc(C(=O)O)ccc2F)C1. The number of nitrogens with one attached hydrogen (secondary N) is 2. The Labute approximate surface area is 134 Å². The molecule has 1 aliphatic carbocycles. The summed E-state index contributed by atoms with van der Waals surface area (Å²) in [4.78, 5) is 22.5. The Bertz CT molecular complexity index is 607. The summed E-state index contributed by atoms with van der Waals surface area (Å²) in [6.07, 6.45) is 0.770. The molecule has 0 aromatic heterocycles. The van der Waals surface area contributed by atoms with Crippen molar-refractivity contribution in [3.8, 4) is 0 Å². The molecule has 0 radical (unpaired) electrons. The molecule has 0 bridgehead atoms. The molecular formula is C16H21FN2O4. The summed E-state index contributed by atoms with van der Waals surface area (Å²) >= 11 is 0. The van der Waals surface area contributed by atoms with Crippen molar-refractivity contribution in [2.75, 3.05) is 5.32 Å². The molecule has 2 rings (SSSR count). The quantitative estimate of drug-likeness (QED) is 0.792. The number of carbonyl (C=O) groups is 2. The summed E-state index contributed by atoms with van der Waals surface area (Å²) in [6.45, 7) is 5.36. The van der Waals surface area contributed by atoms with Crippen molar-refractivity contribution >= 4 is 17.7 Å². The molecule has 1 aliphatic rings. The maximum atomic E-state index is 13.7. The van der Waals surface area contributed by atoms with Gasteiger partial charge in [0.15, 0.2) is 0 Å². The lowest BCUT2D eigenvalue weighted by atomic mass is 9.86. The third-order valence-electron chi connectivity index (χ3n) is 3.43. The molecule has 1 aromatic rings. The first kappa shape index (κ1) is 17.1. The van der Waals surface area contributed by atoms with Gasteiger partial charge in [0.25, 0.3) is 0 Å². The van der Waals surface area contributed by atoms with E-state index in [4.69, 9.17) is 9.84 Å². The number of amides is 1. The van der Waals surface area contributed by atoms with Crippen molar-refractivity contribution in [3.05, 3.63) is 29.6 Å². The van der Waals surface area contributed by atoms with Crippen LogP contribution in [0, 0.1) is 5.82 Å². The lowest BCUT2D eigenvalue weighted by Crippen LogP contribution is -2.50. The highest BCUT2D eigenvalue weighted by atomic mass is 19.1. The normalized spacial score (nSPS) is 20.3. The molecule has 6 nitrogen and oxygen atoms in total. The lowest BCUT2D eigenvalue weighted by Gasteiger charge is -2.37. The van der Waals surface area contributed by atoms with Crippen molar-refractivity contribution in [1.29, 1.82) is 0 Å². The second kappa shape index (κ2) is 6.44. The molecule has 1 amide bonds. The van der Waals surface area contributed by atoms with Gasteiger partial charge in [-0.2, -0.15) is 0 Å². The van der Waals surface area contributed by atoms with Gasteiger partial charge in [0, 0.05) is 12.1 Å². The molecule has 0 spiro atoms. The number of carbonyl (C=O) groups excluding carboxylic acids is 1. The van der Waals surface area contributed by atoms with Crippen LogP contribution in [0.5, 0.6) is 0 Å². The van der Waals surface area contributed by atoms with Crippen molar-refractivity contribution in [2.24, 2.45) is 0 Å². The van der Waals surface area contributed by atoms with Gasteiger partial charge >= 0.3 is 12.1 Å². The molecule has 1 aromatic carbocycles. The van der Waals surface area contributed by atoms with Gasteiger partial charge in [0.05, 0.1) is 11.3 Å². The van der Waals surface area contributed by atoms with E-state index < -0.39 is 23.5 Å². The smallest absolute Gasteiger partial charge is 0.407 e. The van der Waals surface area contributed by atoms with Gasteiger partial charge in [0.2, 0.25) is 0 Å². The van der Waals surface area contributed by atoms with Crippen molar-refractivity contribution in [1.82, 2.24) is 5.32 Å². The number of carboxylic acids is 1. The Morgan fingerprint density at radius 3 is 2.48 bits per heavy atom. The molecule has 0 saturated heterocycles. The zero-order valence-corrected chi connectivity index (χ0v) is 13.4. The molecule has 0 atom stereocenters. The van der Waals surface area contributed by atoms with E-state index in [1.54, 1.807) is 20.8 Å². The van der Waals surface area contributed by atoms with Crippen LogP contribution in [0.3, 0.4) is 0 Å². The van der Waals surface area contributed by atoms with Crippen LogP contribution in [0.15, 0.2) is 18.2 Å². The summed E-state index contributed by atoms with van der Waals surface area (Å²) in [7, 11) is 0. The van der Waals surface area contributed by atoms with E-state index in [0.29, 0.717) is 12.8 Å². The first-order valence-corrected chi connectivity index (χ1v) is 7.43. The Balaban J connectivity index is 1.83. The predicted octanol–water partition coefficient (Wildman–Crippen LogP) is 2.99. The van der Waals surface area contributed by atoms with Gasteiger partial charge in [-0.25, -0.2) is 14.0 Å². The van der Waals surface area contributed by atoms with Gasteiger partial charge < -0.3 is 20.5 Å². The van der Waals surface area contributed by atoms with E-state index in [2.05, 4.69) is 10.6 Å². The number of carboxylic acid groups (broad SMARTS) is 1. The van der Waals surface area contributed by atoms with E-state index in [1.165, 1.54) is 12.1 Å². The first-order valence-electron chi connectivity index (χ1n) is 7.43. The second-order valence-electron chi connectivity index (χ2n) is 6.66. The summed E-state index contributed by atoms with van der Waals surface area (Å²) in [5.41, 5.74) is -0.367. The number of alkyl carbamates (subject to hydrolysis) is 1. The van der Waals surface area contributed by atoms with Crippen LogP contribution in [0.1, 0.15) is 44.0 Å². The monoisotopic (exact) mass is 324 g/mol. The largest absolute Gasteiger partial charge is 0.478 e. The number of hydrogen-bond acceptors (Lipinski definition) is 4. The molecule has 0 heterocycles. The summed E-state index contributed by atoms with van der Waals surface area (Å²) in [5, 5.41) is 14.6. The molecule has 7 heteroatoms. The highest BCUT2D eigenvalue weighted by molar-refractivity contribution is 5.88. The van der Waals surface area contributed by atoms with Crippen LogP contribution >= 0.6 is 0 Å². The third-order valence-corrected chi connectivity index (χ3v) is 3.43. The fourth-order valence-corrected chi connectivity index (χ4v) is 2.32. The molecule has 0 aliphatic heterocycles. The average Bonchev–Trinajstić information content (AvgIpc) is 2.35. The highest BCUT2D eigenvalue weighted by Gasteiger charge is 2.32. The van der Waals surface area contributed by atoms with Gasteiger partial charge in [-0.15, -0.1) is 0 Å². The summed E-state index contributed by atoms with van der Waals surface area (Å²) in [6, 6.07) is 3.56. The first-order chi connectivity index (χ1) is 10.6. The zero-order valence-electron chi connectivity index (χ0n) is 13.4. The maximum absolute atomic E-state index is 13.7. The van der Waals surface area contributed by atoms with Crippen LogP contribution < -0.4 is 10.6 Å². The van der Waals surface area contributed by atoms with Crippen LogP contribution in [-0.2, 0) is 4.74 Å². The van der Waals surface area contributed by atoms with E-state index in [9.17, 15) is 14.0 Å². The third kappa shape index (κ3) is 4.84. The number of anilines is 1. The van der Waals surface area contributed by atoms with Gasteiger partial charge in [-0.05, 0) is 51.8 Å².